The number of rotatable bonds is 4. The lowest BCUT2D eigenvalue weighted by atomic mass is 10.1. The summed E-state index contributed by atoms with van der Waals surface area (Å²) in [6.45, 7) is 0.547. The van der Waals surface area contributed by atoms with Crippen LogP contribution in [0, 0.1) is 11.2 Å². The molecule has 1 heterocycles. The third kappa shape index (κ3) is 2.50. The molecule has 1 fully saturated rings. The number of nitrogens with zero attached hydrogens (tertiary/aromatic N) is 1. The second kappa shape index (κ2) is 4.37. The number of hydrogen-bond donors (Lipinski definition) is 1. The second-order valence-corrected chi connectivity index (χ2v) is 4.48. The van der Waals surface area contributed by atoms with Gasteiger partial charge in [0.25, 0.3) is 5.91 Å². The first-order chi connectivity index (χ1) is 7.65. The predicted molar refractivity (Wildman–Crippen MR) is 58.9 cm³/mol. The second-order valence-electron chi connectivity index (χ2n) is 4.21. The minimum absolute atomic E-state index is 0.0674. The summed E-state index contributed by atoms with van der Waals surface area (Å²) in [5.74, 6) is -0.260. The normalized spacial score (nSPS) is 16.9. The largest absolute Gasteiger partial charge is 0.351 e. The van der Waals surface area contributed by atoms with Crippen LogP contribution in [0.25, 0.3) is 0 Å². The molecule has 3 nitrogen and oxygen atoms in total. The molecule has 16 heavy (non-hydrogen) atoms. The van der Waals surface area contributed by atoms with Gasteiger partial charge in [-0.25, -0.2) is 4.39 Å². The first kappa shape index (κ1) is 11.3. The Morgan fingerprint density at radius 2 is 2.31 bits per heavy atom. The molecule has 0 aliphatic heterocycles. The van der Waals surface area contributed by atoms with Gasteiger partial charge in [0.1, 0.15) is 5.82 Å². The van der Waals surface area contributed by atoms with Crippen LogP contribution in [0.1, 0.15) is 23.2 Å². The Hall–Kier alpha value is -1.16. The van der Waals surface area contributed by atoms with E-state index in [9.17, 15) is 9.18 Å². The number of pyridine rings is 1. The van der Waals surface area contributed by atoms with E-state index in [0.717, 1.165) is 19.0 Å². The molecule has 1 aliphatic carbocycles. The molecule has 0 unspecified atom stereocenters. The van der Waals surface area contributed by atoms with Crippen molar-refractivity contribution in [2.75, 3.05) is 12.4 Å². The molecule has 1 aliphatic rings. The maximum atomic E-state index is 12.8. The maximum absolute atomic E-state index is 12.8. The smallest absolute Gasteiger partial charge is 0.252 e. The van der Waals surface area contributed by atoms with E-state index in [-0.39, 0.29) is 16.9 Å². The van der Waals surface area contributed by atoms with E-state index in [1.807, 2.05) is 0 Å². The van der Waals surface area contributed by atoms with E-state index in [0.29, 0.717) is 12.4 Å². The highest BCUT2D eigenvalue weighted by Crippen LogP contribution is 2.45. The van der Waals surface area contributed by atoms with Crippen molar-refractivity contribution in [3.8, 4) is 0 Å². The zero-order valence-electron chi connectivity index (χ0n) is 8.67. The molecule has 0 bridgehead atoms. The van der Waals surface area contributed by atoms with Crippen molar-refractivity contribution in [1.82, 2.24) is 10.3 Å². The van der Waals surface area contributed by atoms with E-state index in [2.05, 4.69) is 10.3 Å². The fraction of sp³-hybridized carbons (Fsp3) is 0.455. The highest BCUT2D eigenvalue weighted by atomic mass is 35.5. The Labute approximate surface area is 98.0 Å². The third-order valence-electron chi connectivity index (χ3n) is 2.83. The highest BCUT2D eigenvalue weighted by molar-refractivity contribution is 6.18. The van der Waals surface area contributed by atoms with E-state index in [1.54, 1.807) is 0 Å². The highest BCUT2D eigenvalue weighted by Gasteiger charge is 2.41. The van der Waals surface area contributed by atoms with Gasteiger partial charge in [-0.15, -0.1) is 11.6 Å². The molecular formula is C11H12ClFN2O. The average molecular weight is 243 g/mol. The van der Waals surface area contributed by atoms with Crippen molar-refractivity contribution in [3.05, 3.63) is 29.8 Å². The zero-order chi connectivity index (χ0) is 11.6. The van der Waals surface area contributed by atoms with Crippen LogP contribution in [0.5, 0.6) is 0 Å². The van der Waals surface area contributed by atoms with Gasteiger partial charge in [-0.2, -0.15) is 0 Å². The van der Waals surface area contributed by atoms with Crippen molar-refractivity contribution >= 4 is 17.5 Å². The quantitative estimate of drug-likeness (QED) is 0.821. The minimum atomic E-state index is -0.508. The topological polar surface area (TPSA) is 42.0 Å². The lowest BCUT2D eigenvalue weighted by Crippen LogP contribution is -2.31. The van der Waals surface area contributed by atoms with Gasteiger partial charge >= 0.3 is 0 Å². The monoisotopic (exact) mass is 242 g/mol. The minimum Gasteiger partial charge on any atom is -0.351 e. The van der Waals surface area contributed by atoms with Crippen LogP contribution in [0.3, 0.4) is 0 Å². The molecule has 0 atom stereocenters. The number of amides is 1. The van der Waals surface area contributed by atoms with Gasteiger partial charge in [-0.05, 0) is 18.9 Å². The van der Waals surface area contributed by atoms with Gasteiger partial charge in [-0.3, -0.25) is 9.78 Å². The van der Waals surface area contributed by atoms with E-state index < -0.39 is 5.82 Å². The Bertz CT molecular complexity index is 407. The molecule has 1 aromatic rings. The Balaban J connectivity index is 1.93. The molecule has 5 heteroatoms. The third-order valence-corrected chi connectivity index (χ3v) is 3.40. The standard InChI is InChI=1S/C11H12ClFN2O/c12-6-11(1-2-11)7-15-10(16)8-3-9(13)5-14-4-8/h3-5H,1-2,6-7H2,(H,15,16). The number of aromatic nitrogens is 1. The van der Waals surface area contributed by atoms with Crippen molar-refractivity contribution < 1.29 is 9.18 Å². The number of nitrogens with one attached hydrogen (secondary N) is 1. The number of carbonyl (C=O) groups is 1. The number of alkyl halides is 1. The Morgan fingerprint density at radius 1 is 1.56 bits per heavy atom. The summed E-state index contributed by atoms with van der Waals surface area (Å²) in [5.41, 5.74) is 0.309. The van der Waals surface area contributed by atoms with E-state index >= 15 is 0 Å². The zero-order valence-corrected chi connectivity index (χ0v) is 9.43. The summed E-state index contributed by atoms with van der Waals surface area (Å²) >= 11 is 5.79. The van der Waals surface area contributed by atoms with Gasteiger partial charge in [0.2, 0.25) is 0 Å². The summed E-state index contributed by atoms with van der Waals surface area (Å²) in [4.78, 5) is 15.3. The van der Waals surface area contributed by atoms with Crippen molar-refractivity contribution in [1.29, 1.82) is 0 Å². The van der Waals surface area contributed by atoms with E-state index in [1.165, 1.54) is 12.3 Å². The number of hydrogen-bond acceptors (Lipinski definition) is 2. The Kier molecular flexibility index (Phi) is 3.10. The predicted octanol–water partition coefficient (Wildman–Crippen LogP) is 1.97. The van der Waals surface area contributed by atoms with Crippen LogP contribution in [-0.4, -0.2) is 23.3 Å². The summed E-state index contributed by atoms with van der Waals surface area (Å²) in [5, 5.41) is 2.75. The van der Waals surface area contributed by atoms with Gasteiger partial charge in [0.05, 0.1) is 11.8 Å². The number of halogens is 2. The summed E-state index contributed by atoms with van der Waals surface area (Å²) < 4.78 is 12.8. The molecular weight excluding hydrogens is 231 g/mol. The van der Waals surface area contributed by atoms with Crippen molar-refractivity contribution in [3.63, 3.8) is 0 Å². The summed E-state index contributed by atoms with van der Waals surface area (Å²) in [6.07, 6.45) is 4.49. The molecule has 1 N–H and O–H groups in total. The fourth-order valence-electron chi connectivity index (χ4n) is 1.44. The molecule has 0 spiro atoms. The maximum Gasteiger partial charge on any atom is 0.252 e. The van der Waals surface area contributed by atoms with Gasteiger partial charge in [0.15, 0.2) is 0 Å². The van der Waals surface area contributed by atoms with Gasteiger partial charge < -0.3 is 5.32 Å². The summed E-state index contributed by atoms with van der Waals surface area (Å²) in [7, 11) is 0. The molecule has 2 rings (SSSR count). The fourth-order valence-corrected chi connectivity index (χ4v) is 1.80. The van der Waals surface area contributed by atoms with E-state index in [4.69, 9.17) is 11.6 Å². The van der Waals surface area contributed by atoms with Crippen LogP contribution < -0.4 is 5.32 Å². The average Bonchev–Trinajstić information content (AvgIpc) is 3.07. The first-order valence-electron chi connectivity index (χ1n) is 5.10. The lowest BCUT2D eigenvalue weighted by Gasteiger charge is -2.12. The molecule has 1 saturated carbocycles. The van der Waals surface area contributed by atoms with Crippen molar-refractivity contribution in [2.24, 2.45) is 5.41 Å². The van der Waals surface area contributed by atoms with Crippen LogP contribution in [0.2, 0.25) is 0 Å². The molecule has 0 aromatic carbocycles. The molecule has 86 valence electrons. The molecule has 1 amide bonds. The molecule has 1 aromatic heterocycles. The van der Waals surface area contributed by atoms with Gasteiger partial charge in [-0.1, -0.05) is 0 Å². The summed E-state index contributed by atoms with van der Waals surface area (Å²) in [6, 6.07) is 1.17. The lowest BCUT2D eigenvalue weighted by molar-refractivity contribution is 0.0945. The van der Waals surface area contributed by atoms with Crippen LogP contribution in [0.15, 0.2) is 18.5 Å². The Morgan fingerprint density at radius 3 is 2.88 bits per heavy atom. The number of carbonyl (C=O) groups excluding carboxylic acids is 1. The molecule has 0 saturated heterocycles. The first-order valence-corrected chi connectivity index (χ1v) is 5.63. The van der Waals surface area contributed by atoms with Crippen LogP contribution >= 0.6 is 11.6 Å². The van der Waals surface area contributed by atoms with Gasteiger partial charge in [0, 0.05) is 24.0 Å². The van der Waals surface area contributed by atoms with Crippen molar-refractivity contribution in [2.45, 2.75) is 12.8 Å². The SMILES string of the molecule is O=C(NCC1(CCl)CC1)c1cncc(F)c1. The molecule has 0 radical (unpaired) electrons. The van der Waals surface area contributed by atoms with Crippen LogP contribution in [-0.2, 0) is 0 Å². The van der Waals surface area contributed by atoms with Crippen LogP contribution in [0.4, 0.5) is 4.39 Å².